The zero-order valence-corrected chi connectivity index (χ0v) is 18.5. The second-order valence-corrected chi connectivity index (χ2v) is 8.47. The van der Waals surface area contributed by atoms with Crippen molar-refractivity contribution in [1.82, 2.24) is 10.3 Å². The van der Waals surface area contributed by atoms with Crippen LogP contribution in [0.2, 0.25) is 0 Å². The highest BCUT2D eigenvalue weighted by Gasteiger charge is 2.57. The molecule has 1 fully saturated rings. The minimum Gasteiger partial charge on any atom is -0.418 e. The molecular formula is C23H24FN3O6. The van der Waals surface area contributed by atoms with Gasteiger partial charge in [-0.2, -0.15) is 0 Å². The fourth-order valence-corrected chi connectivity index (χ4v) is 4.17. The summed E-state index contributed by atoms with van der Waals surface area (Å²) < 4.78 is 23.8. The Balaban J connectivity index is 1.61. The molecule has 2 aliphatic heterocycles. The van der Waals surface area contributed by atoms with Crippen LogP contribution in [0.1, 0.15) is 39.3 Å². The number of amides is 1. The maximum Gasteiger partial charge on any atom is 0.311 e. The van der Waals surface area contributed by atoms with Crippen LogP contribution >= 0.6 is 0 Å². The molecule has 4 rings (SSSR count). The molecule has 3 atom stereocenters. The average molecular weight is 457 g/mol. The summed E-state index contributed by atoms with van der Waals surface area (Å²) in [5, 5.41) is 8.62. The molecule has 1 aromatic heterocycles. The monoisotopic (exact) mass is 457 g/mol. The van der Waals surface area contributed by atoms with Gasteiger partial charge < -0.3 is 19.6 Å². The Labute approximate surface area is 189 Å². The highest BCUT2D eigenvalue weighted by molar-refractivity contribution is 6.11. The number of esters is 2. The number of carbonyl (C=O) groups excluding carboxylic acids is 3. The summed E-state index contributed by atoms with van der Waals surface area (Å²) in [7, 11) is 0. The maximum absolute atomic E-state index is 13.9. The van der Waals surface area contributed by atoms with Gasteiger partial charge in [0.2, 0.25) is 5.60 Å². The van der Waals surface area contributed by atoms with Crippen molar-refractivity contribution in [2.45, 2.75) is 51.0 Å². The van der Waals surface area contributed by atoms with E-state index < -0.39 is 42.0 Å². The first-order chi connectivity index (χ1) is 15.7. The Bertz CT molecular complexity index is 1150. The lowest BCUT2D eigenvalue weighted by Crippen LogP contribution is -2.60. The summed E-state index contributed by atoms with van der Waals surface area (Å²) in [6, 6.07) is 8.31. The Morgan fingerprint density at radius 2 is 2.06 bits per heavy atom. The molecule has 174 valence electrons. The molecule has 2 aliphatic rings. The zero-order chi connectivity index (χ0) is 23.8. The Morgan fingerprint density at radius 3 is 2.76 bits per heavy atom. The van der Waals surface area contributed by atoms with Crippen molar-refractivity contribution in [3.63, 3.8) is 0 Å². The summed E-state index contributed by atoms with van der Waals surface area (Å²) in [6.45, 7) is 3.34. The predicted molar refractivity (Wildman–Crippen MR) is 115 cm³/mol. The summed E-state index contributed by atoms with van der Waals surface area (Å²) in [5.74, 6) is -4.81. The van der Waals surface area contributed by atoms with Gasteiger partial charge in [0, 0.05) is 30.8 Å². The molecule has 0 bridgehead atoms. The molecule has 0 saturated carbocycles. The van der Waals surface area contributed by atoms with Crippen LogP contribution in [0.3, 0.4) is 0 Å². The first kappa shape index (κ1) is 22.6. The molecule has 1 amide bonds. The molecule has 1 N–H and O–H groups in total. The van der Waals surface area contributed by atoms with Crippen LogP contribution in [0.4, 0.5) is 4.39 Å². The number of rotatable bonds is 6. The number of cyclic esters (lactones) is 1. The van der Waals surface area contributed by atoms with E-state index >= 15 is 0 Å². The van der Waals surface area contributed by atoms with Crippen LogP contribution in [0.15, 0.2) is 41.7 Å². The Hall–Kier alpha value is -3.56. The highest BCUT2D eigenvalue weighted by atomic mass is 19.1. The second kappa shape index (κ2) is 8.42. The van der Waals surface area contributed by atoms with Crippen molar-refractivity contribution >= 4 is 34.3 Å². The topological polar surface area (TPSA) is 116 Å². The summed E-state index contributed by atoms with van der Waals surface area (Å²) in [5.41, 5.74) is -0.343. The van der Waals surface area contributed by atoms with Crippen molar-refractivity contribution in [2.24, 2.45) is 11.1 Å². The minimum absolute atomic E-state index is 0.106. The molecule has 0 spiro atoms. The van der Waals surface area contributed by atoms with E-state index in [1.54, 1.807) is 20.0 Å². The zero-order valence-electron chi connectivity index (χ0n) is 18.5. The first-order valence-corrected chi connectivity index (χ1v) is 10.6. The second-order valence-electron chi connectivity index (χ2n) is 8.47. The summed E-state index contributed by atoms with van der Waals surface area (Å²) in [6.07, 6.45) is 1.41. The van der Waals surface area contributed by atoms with Crippen LogP contribution in [-0.4, -0.2) is 52.6 Å². The molecule has 33 heavy (non-hydrogen) atoms. The van der Waals surface area contributed by atoms with E-state index in [1.165, 1.54) is 0 Å². The number of pyridine rings is 1. The molecule has 9 nitrogen and oxygen atoms in total. The lowest BCUT2D eigenvalue weighted by molar-refractivity contribution is -0.224. The number of nitrogens with zero attached hydrogens (tertiary/aromatic N) is 2. The number of fused-ring (bicyclic) bond motifs is 1. The van der Waals surface area contributed by atoms with Gasteiger partial charge in [-0.15, -0.1) is 0 Å². The maximum atomic E-state index is 13.9. The van der Waals surface area contributed by atoms with Crippen molar-refractivity contribution in [2.75, 3.05) is 6.67 Å². The number of aromatic nitrogens is 1. The molecule has 1 aromatic carbocycles. The van der Waals surface area contributed by atoms with Gasteiger partial charge in [0.1, 0.15) is 11.8 Å². The fraction of sp³-hybridized carbons (Fsp3) is 0.435. The van der Waals surface area contributed by atoms with Crippen molar-refractivity contribution < 1.29 is 33.1 Å². The summed E-state index contributed by atoms with van der Waals surface area (Å²) >= 11 is 0. The minimum atomic E-state index is -2.21. The molecule has 0 aliphatic carbocycles. The normalized spacial score (nSPS) is 26.6. The van der Waals surface area contributed by atoms with Gasteiger partial charge in [-0.1, -0.05) is 43.3 Å². The van der Waals surface area contributed by atoms with Crippen molar-refractivity contribution in [3.05, 3.63) is 42.2 Å². The van der Waals surface area contributed by atoms with E-state index in [2.05, 4.69) is 15.5 Å². The highest BCUT2D eigenvalue weighted by Crippen LogP contribution is 2.37. The van der Waals surface area contributed by atoms with E-state index in [0.29, 0.717) is 11.4 Å². The fourth-order valence-electron chi connectivity index (χ4n) is 4.17. The van der Waals surface area contributed by atoms with Gasteiger partial charge in [0.25, 0.3) is 5.91 Å². The molecule has 10 heteroatoms. The number of nitrogens with one attached hydrogen (secondary N) is 1. The number of hydrogen-bond acceptors (Lipinski definition) is 8. The molecule has 3 heterocycles. The van der Waals surface area contributed by atoms with Gasteiger partial charge >= 0.3 is 17.7 Å². The quantitative estimate of drug-likeness (QED) is 0.662. The number of hydrogen-bond donors (Lipinski definition) is 1. The molecule has 0 radical (unpaired) electrons. The van der Waals surface area contributed by atoms with E-state index in [9.17, 15) is 18.8 Å². The third-order valence-corrected chi connectivity index (χ3v) is 6.01. The lowest BCUT2D eigenvalue weighted by Gasteiger charge is -2.34. The largest absolute Gasteiger partial charge is 0.418 e. The first-order valence-electron chi connectivity index (χ1n) is 10.6. The van der Waals surface area contributed by atoms with Crippen LogP contribution in [0.5, 0.6) is 0 Å². The number of carbonyl (C=O) groups is 3. The van der Waals surface area contributed by atoms with Gasteiger partial charge in [-0.25, -0.2) is 4.39 Å². The van der Waals surface area contributed by atoms with Crippen molar-refractivity contribution in [1.29, 1.82) is 0 Å². The van der Waals surface area contributed by atoms with Gasteiger partial charge in [0.05, 0.1) is 12.1 Å². The molecule has 1 unspecified atom stereocenters. The lowest BCUT2D eigenvalue weighted by atomic mass is 9.83. The smallest absolute Gasteiger partial charge is 0.311 e. The third-order valence-electron chi connectivity index (χ3n) is 6.01. The molecule has 1 saturated heterocycles. The van der Waals surface area contributed by atoms with Crippen LogP contribution in [0.25, 0.3) is 10.8 Å². The van der Waals surface area contributed by atoms with E-state index in [0.717, 1.165) is 17.7 Å². The SMILES string of the molecule is CC(=O)O[C@]1(CF)OC(=O)C[C@@H]1NC(=O)C1(C(C)C)CC(c2nccc3ccccc23)=NO1. The van der Waals surface area contributed by atoms with E-state index in [-0.39, 0.29) is 18.8 Å². The summed E-state index contributed by atoms with van der Waals surface area (Å²) in [4.78, 5) is 47.0. The van der Waals surface area contributed by atoms with E-state index in [1.807, 2.05) is 30.3 Å². The van der Waals surface area contributed by atoms with E-state index in [4.69, 9.17) is 14.3 Å². The number of alkyl halides is 1. The third kappa shape index (κ3) is 3.90. The Kier molecular flexibility index (Phi) is 5.77. The standard InChI is InChI=1S/C23H24FN3O6/c1-13(2)22(21(30)26-18-10-19(29)32-23(18,12-24)31-14(3)28)11-17(27-33-22)20-16-7-5-4-6-15(16)8-9-25-20/h4-9,13,18H,10-12H2,1-3H3,(H,26,30)/t18-,22?,23+/m0/s1. The number of oxime groups is 1. The van der Waals surface area contributed by atoms with Crippen LogP contribution in [-0.2, 0) is 28.7 Å². The number of ether oxygens (including phenoxy) is 2. The molecule has 2 aromatic rings. The van der Waals surface area contributed by atoms with Gasteiger partial charge in [0.15, 0.2) is 6.67 Å². The van der Waals surface area contributed by atoms with Crippen molar-refractivity contribution in [3.8, 4) is 0 Å². The predicted octanol–water partition coefficient (Wildman–Crippen LogP) is 2.41. The molecular weight excluding hydrogens is 433 g/mol. The van der Waals surface area contributed by atoms with Crippen LogP contribution in [0, 0.1) is 5.92 Å². The number of halogens is 1. The Morgan fingerprint density at radius 1 is 1.30 bits per heavy atom. The number of benzene rings is 1. The van der Waals surface area contributed by atoms with Gasteiger partial charge in [-0.05, 0) is 11.5 Å². The van der Waals surface area contributed by atoms with Crippen LogP contribution < -0.4 is 5.32 Å². The average Bonchev–Trinajstić information content (AvgIpc) is 3.36. The van der Waals surface area contributed by atoms with Gasteiger partial charge in [-0.3, -0.25) is 19.4 Å².